The molecule has 0 radical (unpaired) electrons. The zero-order valence-electron chi connectivity index (χ0n) is 17.5. The molecule has 1 amide bonds. The standard InChI is InChI=1S/C20H35NO4S2/c1-15(2)8-7-10-21-19(23)14-24-11-12-25-20(17(5)6)27-26-13-9-18(22)16(3)4/h15-17,20H,9-14H2,1-6H3,(H,21,23). The van der Waals surface area contributed by atoms with Gasteiger partial charge in [-0.05, 0) is 5.92 Å². The quantitative estimate of drug-likeness (QED) is 0.201. The highest BCUT2D eigenvalue weighted by Crippen LogP contribution is 2.32. The molecule has 0 aliphatic carbocycles. The van der Waals surface area contributed by atoms with Gasteiger partial charge < -0.3 is 14.8 Å². The highest BCUT2D eigenvalue weighted by atomic mass is 33.1. The highest BCUT2D eigenvalue weighted by molar-refractivity contribution is 8.76. The maximum absolute atomic E-state index is 11.6. The Hall–Kier alpha value is -0.680. The molecular formula is C20H35NO4S2. The molecule has 1 unspecified atom stereocenters. The number of nitrogens with one attached hydrogen (secondary N) is 1. The van der Waals surface area contributed by atoms with Gasteiger partial charge in [-0.3, -0.25) is 9.59 Å². The summed E-state index contributed by atoms with van der Waals surface area (Å²) in [5.74, 6) is 7.56. The molecule has 0 heterocycles. The van der Waals surface area contributed by atoms with Gasteiger partial charge in [-0.25, -0.2) is 0 Å². The van der Waals surface area contributed by atoms with Crippen LogP contribution in [0.15, 0.2) is 0 Å². The fourth-order valence-corrected chi connectivity index (χ4v) is 4.38. The number of amides is 1. The molecule has 0 fully saturated rings. The Morgan fingerprint density at radius 1 is 1.07 bits per heavy atom. The summed E-state index contributed by atoms with van der Waals surface area (Å²) in [5.41, 5.74) is 0.0351. The summed E-state index contributed by atoms with van der Waals surface area (Å²) in [6, 6.07) is 0. The van der Waals surface area contributed by atoms with Crippen LogP contribution in [0.1, 0.15) is 48.0 Å². The lowest BCUT2D eigenvalue weighted by molar-refractivity contribution is -0.126. The number of carbonyl (C=O) groups is 2. The molecular weight excluding hydrogens is 382 g/mol. The second-order valence-corrected chi connectivity index (χ2v) is 9.66. The van der Waals surface area contributed by atoms with Crippen molar-refractivity contribution in [3.05, 3.63) is 0 Å². The SMILES string of the molecule is CC(C)C#CCNC(=O)COCCOC(SSCCC(=O)C(C)C)C(C)C. The van der Waals surface area contributed by atoms with Crippen LogP contribution in [0.25, 0.3) is 0 Å². The first-order valence-corrected chi connectivity index (χ1v) is 11.9. The number of ether oxygens (including phenoxy) is 2. The van der Waals surface area contributed by atoms with E-state index in [1.165, 1.54) is 0 Å². The molecule has 0 aromatic rings. The Morgan fingerprint density at radius 3 is 2.37 bits per heavy atom. The lowest BCUT2D eigenvalue weighted by Crippen LogP contribution is -2.28. The van der Waals surface area contributed by atoms with Crippen LogP contribution in [0.2, 0.25) is 0 Å². The summed E-state index contributed by atoms with van der Waals surface area (Å²) in [6.07, 6.45) is 0.597. The van der Waals surface area contributed by atoms with Crippen molar-refractivity contribution in [2.45, 2.75) is 53.4 Å². The fraction of sp³-hybridized carbons (Fsp3) is 0.800. The number of hydrogen-bond donors (Lipinski definition) is 1. The molecule has 0 aliphatic heterocycles. The molecule has 0 spiro atoms. The van der Waals surface area contributed by atoms with E-state index >= 15 is 0 Å². The van der Waals surface area contributed by atoms with E-state index in [1.807, 2.05) is 27.7 Å². The number of rotatable bonds is 14. The first-order chi connectivity index (χ1) is 12.7. The van der Waals surface area contributed by atoms with E-state index in [4.69, 9.17) is 9.47 Å². The Bertz CT molecular complexity index is 484. The third-order valence-electron chi connectivity index (χ3n) is 3.29. The molecule has 0 rings (SSSR count). The molecule has 0 aromatic carbocycles. The first kappa shape index (κ1) is 26.3. The average molecular weight is 418 g/mol. The highest BCUT2D eigenvalue weighted by Gasteiger charge is 2.15. The zero-order chi connectivity index (χ0) is 20.7. The van der Waals surface area contributed by atoms with Gasteiger partial charge in [0.15, 0.2) is 0 Å². The molecule has 0 saturated heterocycles. The molecule has 0 bridgehead atoms. The van der Waals surface area contributed by atoms with Crippen LogP contribution in [0, 0.1) is 29.6 Å². The fourth-order valence-electron chi connectivity index (χ4n) is 1.71. The van der Waals surface area contributed by atoms with Crippen LogP contribution in [-0.4, -0.2) is 49.2 Å². The van der Waals surface area contributed by atoms with E-state index in [9.17, 15) is 9.59 Å². The second-order valence-electron chi connectivity index (χ2n) is 7.08. The van der Waals surface area contributed by atoms with Crippen molar-refractivity contribution in [3.8, 4) is 11.8 Å². The smallest absolute Gasteiger partial charge is 0.246 e. The molecule has 1 N–H and O–H groups in total. The van der Waals surface area contributed by atoms with Crippen molar-refractivity contribution in [2.75, 3.05) is 32.1 Å². The van der Waals surface area contributed by atoms with Crippen LogP contribution < -0.4 is 5.32 Å². The average Bonchev–Trinajstić information content (AvgIpc) is 2.59. The third kappa shape index (κ3) is 16.0. The third-order valence-corrected chi connectivity index (χ3v) is 6.14. The predicted octanol–water partition coefficient (Wildman–Crippen LogP) is 3.77. The van der Waals surface area contributed by atoms with E-state index < -0.39 is 0 Å². The van der Waals surface area contributed by atoms with Crippen LogP contribution in [-0.2, 0) is 19.1 Å². The van der Waals surface area contributed by atoms with Crippen molar-refractivity contribution in [1.82, 2.24) is 5.32 Å². The van der Waals surface area contributed by atoms with Gasteiger partial charge in [-0.15, -0.1) is 0 Å². The second kappa shape index (κ2) is 16.3. The first-order valence-electron chi connectivity index (χ1n) is 9.49. The zero-order valence-corrected chi connectivity index (χ0v) is 19.1. The van der Waals surface area contributed by atoms with Crippen molar-refractivity contribution in [1.29, 1.82) is 0 Å². The normalized spacial score (nSPS) is 12.2. The van der Waals surface area contributed by atoms with E-state index in [0.717, 1.165) is 5.75 Å². The Balaban J connectivity index is 3.83. The van der Waals surface area contributed by atoms with Gasteiger partial charge in [-0.1, -0.05) is 75.0 Å². The van der Waals surface area contributed by atoms with E-state index in [1.54, 1.807) is 21.6 Å². The largest absolute Gasteiger partial charge is 0.369 e. The van der Waals surface area contributed by atoms with E-state index in [2.05, 4.69) is 31.0 Å². The Kier molecular flexibility index (Phi) is 15.9. The van der Waals surface area contributed by atoms with E-state index in [0.29, 0.717) is 43.8 Å². The number of hydrogen-bond acceptors (Lipinski definition) is 6. The van der Waals surface area contributed by atoms with Crippen molar-refractivity contribution in [3.63, 3.8) is 0 Å². The Labute approximate surface area is 172 Å². The van der Waals surface area contributed by atoms with Crippen LogP contribution >= 0.6 is 21.6 Å². The maximum Gasteiger partial charge on any atom is 0.246 e. The molecule has 27 heavy (non-hydrogen) atoms. The van der Waals surface area contributed by atoms with Crippen LogP contribution in [0.5, 0.6) is 0 Å². The summed E-state index contributed by atoms with van der Waals surface area (Å²) in [6.45, 7) is 13.2. The number of Topliss-reactive ketones (excluding diaryl/α,β-unsaturated/α-hetero) is 1. The molecule has 5 nitrogen and oxygen atoms in total. The topological polar surface area (TPSA) is 64.6 Å². The Morgan fingerprint density at radius 2 is 1.78 bits per heavy atom. The van der Waals surface area contributed by atoms with Gasteiger partial charge in [0.05, 0.1) is 19.8 Å². The minimum Gasteiger partial charge on any atom is -0.369 e. The summed E-state index contributed by atoms with van der Waals surface area (Å²) >= 11 is 0. The lowest BCUT2D eigenvalue weighted by atomic mass is 10.1. The van der Waals surface area contributed by atoms with Gasteiger partial charge in [0.25, 0.3) is 0 Å². The molecule has 1 atom stereocenters. The monoisotopic (exact) mass is 417 g/mol. The maximum atomic E-state index is 11.6. The number of carbonyl (C=O) groups excluding carboxylic acids is 2. The minimum atomic E-state index is -0.173. The minimum absolute atomic E-state index is 0.0122. The summed E-state index contributed by atoms with van der Waals surface area (Å²) in [5, 5.41) is 2.69. The van der Waals surface area contributed by atoms with Crippen molar-refractivity contribution in [2.24, 2.45) is 17.8 Å². The van der Waals surface area contributed by atoms with Crippen molar-refractivity contribution >= 4 is 33.3 Å². The van der Waals surface area contributed by atoms with Gasteiger partial charge in [0, 0.05) is 24.0 Å². The lowest BCUT2D eigenvalue weighted by Gasteiger charge is -2.20. The van der Waals surface area contributed by atoms with Gasteiger partial charge in [-0.2, -0.15) is 0 Å². The number of ketones is 1. The van der Waals surface area contributed by atoms with Gasteiger partial charge >= 0.3 is 0 Å². The molecule has 0 aliphatic rings. The summed E-state index contributed by atoms with van der Waals surface area (Å²) in [7, 11) is 3.33. The molecule has 0 saturated carbocycles. The predicted molar refractivity (Wildman–Crippen MR) is 116 cm³/mol. The van der Waals surface area contributed by atoms with Gasteiger partial charge in [0.2, 0.25) is 5.91 Å². The van der Waals surface area contributed by atoms with Crippen LogP contribution in [0.3, 0.4) is 0 Å². The van der Waals surface area contributed by atoms with Gasteiger partial charge in [0.1, 0.15) is 17.8 Å². The van der Waals surface area contributed by atoms with E-state index in [-0.39, 0.29) is 23.9 Å². The molecule has 7 heteroatoms. The molecule has 0 aromatic heterocycles. The van der Waals surface area contributed by atoms with Crippen molar-refractivity contribution < 1.29 is 19.1 Å². The summed E-state index contributed by atoms with van der Waals surface area (Å²) < 4.78 is 11.2. The van der Waals surface area contributed by atoms with Crippen LogP contribution in [0.4, 0.5) is 0 Å². The molecule has 156 valence electrons. The summed E-state index contributed by atoms with van der Waals surface area (Å²) in [4.78, 5) is 23.2.